The van der Waals surface area contributed by atoms with Crippen LogP contribution in [0.25, 0.3) is 0 Å². The second-order valence-electron chi connectivity index (χ2n) is 14.9. The molecule has 56 heavy (non-hydrogen) atoms. The van der Waals surface area contributed by atoms with Gasteiger partial charge in [0.1, 0.15) is 11.6 Å². The first-order valence-corrected chi connectivity index (χ1v) is 22.6. The number of nitrogens with zero attached hydrogens (tertiary/aromatic N) is 6. The van der Waals surface area contributed by atoms with Crippen molar-refractivity contribution in [1.29, 1.82) is 0 Å². The summed E-state index contributed by atoms with van der Waals surface area (Å²) in [6, 6.07) is 8.05. The van der Waals surface area contributed by atoms with Crippen LogP contribution in [0.1, 0.15) is 103 Å². The highest BCUT2D eigenvalue weighted by Gasteiger charge is 2.55. The number of nitrogens with one attached hydrogen (secondary N) is 2. The minimum Gasteiger partial charge on any atom is -0.354 e. The van der Waals surface area contributed by atoms with Crippen LogP contribution in [-0.2, 0) is 42.5 Å². The Bertz CT molecular complexity index is 1790. The molecule has 0 aromatic carbocycles. The largest absolute Gasteiger partial charge is 0.354 e. The van der Waals surface area contributed by atoms with Crippen molar-refractivity contribution in [1.82, 2.24) is 29.5 Å². The summed E-state index contributed by atoms with van der Waals surface area (Å²) in [5, 5.41) is 18.3. The smallest absolute Gasteiger partial charge is 0.266 e. The van der Waals surface area contributed by atoms with Crippen LogP contribution in [-0.4, -0.2) is 119 Å². The van der Waals surface area contributed by atoms with E-state index < -0.39 is 41.4 Å². The van der Waals surface area contributed by atoms with Gasteiger partial charge < -0.3 is 9.80 Å². The van der Waals surface area contributed by atoms with Gasteiger partial charge in [-0.1, -0.05) is 78.4 Å². The standard InChI is InChI=1S/C19H30N4O4S.C18H28N4O4S.CH4/c1-2-6-16-7-8-17(20-15-16)22-11-13-23(14-12-22)28(26,27)19(18(24)21-25)9-4-3-5-10-19;1-2-15-6-7-16(19-14-15)21-10-12-22(13-11-21)27(25,26)18(17(23)20-24)8-4-3-5-9-18;/h7-8,15,25H,2-6,9-14H2,1H3,(H,21,24);6-7,14,24H,2-5,8-13H2,1H3,(H,20,23);1H4. The zero-order chi connectivity index (χ0) is 39.7. The summed E-state index contributed by atoms with van der Waals surface area (Å²) in [5.74, 6) is 0.0753. The van der Waals surface area contributed by atoms with Crippen LogP contribution in [0.5, 0.6) is 0 Å². The molecule has 2 saturated heterocycles. The van der Waals surface area contributed by atoms with E-state index in [0.29, 0.717) is 78.0 Å². The molecule has 0 radical (unpaired) electrons. The van der Waals surface area contributed by atoms with E-state index in [1.54, 1.807) is 11.0 Å². The van der Waals surface area contributed by atoms with Crippen molar-refractivity contribution in [3.8, 4) is 0 Å². The zero-order valence-electron chi connectivity index (χ0n) is 32.2. The predicted molar refractivity (Wildman–Crippen MR) is 215 cm³/mol. The quantitative estimate of drug-likeness (QED) is 0.190. The summed E-state index contributed by atoms with van der Waals surface area (Å²) in [6.07, 6.45) is 12.2. The van der Waals surface area contributed by atoms with Crippen LogP contribution in [0.2, 0.25) is 0 Å². The van der Waals surface area contributed by atoms with Gasteiger partial charge in [0.15, 0.2) is 9.49 Å². The topological polar surface area (TPSA) is 206 Å². The number of pyridine rings is 2. The first kappa shape index (κ1) is 45.3. The summed E-state index contributed by atoms with van der Waals surface area (Å²) in [5.41, 5.74) is 5.56. The Balaban J connectivity index is 0.000000244. The Labute approximate surface area is 333 Å². The number of piperazine rings is 2. The third kappa shape index (κ3) is 9.31. The first-order valence-electron chi connectivity index (χ1n) is 19.7. The molecule has 16 nitrogen and oxygen atoms in total. The van der Waals surface area contributed by atoms with Crippen LogP contribution in [0, 0.1) is 0 Å². The average molecular weight is 823 g/mol. The SMILES string of the molecule is C.CCCc1ccc(N2CCN(S(=O)(=O)C3(C(=O)NO)CCCCC3)CC2)nc1.CCc1ccc(N2CCN(S(=O)(=O)C3(C(=O)NO)CCCCC3)CC2)nc1. The summed E-state index contributed by atoms with van der Waals surface area (Å²) in [6.45, 7) is 7.52. The Morgan fingerprint density at radius 2 is 1.00 bits per heavy atom. The normalized spacial score (nSPS) is 20.5. The maximum absolute atomic E-state index is 13.3. The molecular formula is C38H62N8O8S2. The van der Waals surface area contributed by atoms with Gasteiger partial charge in [-0.25, -0.2) is 37.8 Å². The number of hydrogen-bond acceptors (Lipinski definition) is 12. The molecule has 6 rings (SSSR count). The molecule has 4 aliphatic rings. The molecule has 0 bridgehead atoms. The molecule has 4 fully saturated rings. The highest BCUT2D eigenvalue weighted by atomic mass is 32.2. The minimum absolute atomic E-state index is 0. The van der Waals surface area contributed by atoms with Crippen molar-refractivity contribution >= 4 is 43.5 Å². The number of carbonyl (C=O) groups excluding carboxylic acids is 2. The van der Waals surface area contributed by atoms with E-state index in [-0.39, 0.29) is 33.1 Å². The minimum atomic E-state index is -3.86. The molecular weight excluding hydrogens is 761 g/mol. The van der Waals surface area contributed by atoms with E-state index in [1.165, 1.54) is 14.2 Å². The zero-order valence-corrected chi connectivity index (χ0v) is 33.8. The fourth-order valence-electron chi connectivity index (χ4n) is 8.32. The van der Waals surface area contributed by atoms with Gasteiger partial charge in [0.2, 0.25) is 20.0 Å². The van der Waals surface area contributed by atoms with Gasteiger partial charge in [0, 0.05) is 64.8 Å². The van der Waals surface area contributed by atoms with Gasteiger partial charge in [-0.3, -0.25) is 20.0 Å². The van der Waals surface area contributed by atoms with Crippen molar-refractivity contribution in [3.05, 3.63) is 47.8 Å². The second kappa shape index (κ2) is 19.8. The second-order valence-corrected chi connectivity index (χ2v) is 19.4. The molecule has 0 unspecified atom stereocenters. The molecule has 0 atom stereocenters. The van der Waals surface area contributed by atoms with Crippen molar-refractivity contribution < 1.29 is 36.8 Å². The number of hydroxylamine groups is 2. The lowest BCUT2D eigenvalue weighted by Crippen LogP contribution is -2.61. The number of anilines is 2. The van der Waals surface area contributed by atoms with E-state index in [1.807, 2.05) is 30.6 Å². The number of rotatable bonds is 11. The number of hydrogen-bond donors (Lipinski definition) is 4. The molecule has 2 aliphatic carbocycles. The third-order valence-electron chi connectivity index (χ3n) is 11.7. The molecule has 2 saturated carbocycles. The highest BCUT2D eigenvalue weighted by Crippen LogP contribution is 2.39. The van der Waals surface area contributed by atoms with E-state index in [0.717, 1.165) is 49.3 Å². The average Bonchev–Trinajstić information content (AvgIpc) is 3.24. The summed E-state index contributed by atoms with van der Waals surface area (Å²) in [7, 11) is -7.72. The molecule has 18 heteroatoms. The number of sulfonamides is 2. The molecule has 2 aromatic heterocycles. The summed E-state index contributed by atoms with van der Waals surface area (Å²) < 4.78 is 53.0. The van der Waals surface area contributed by atoms with Gasteiger partial charge in [-0.15, -0.1) is 0 Å². The predicted octanol–water partition coefficient (Wildman–Crippen LogP) is 3.63. The molecule has 0 spiro atoms. The van der Waals surface area contributed by atoms with E-state index in [4.69, 9.17) is 10.4 Å². The Morgan fingerprint density at radius 3 is 1.30 bits per heavy atom. The van der Waals surface area contributed by atoms with E-state index in [9.17, 15) is 26.4 Å². The van der Waals surface area contributed by atoms with Crippen LogP contribution in [0.15, 0.2) is 36.7 Å². The number of aryl methyl sites for hydroxylation is 2. The molecule has 2 aliphatic heterocycles. The summed E-state index contributed by atoms with van der Waals surface area (Å²) >= 11 is 0. The van der Waals surface area contributed by atoms with E-state index >= 15 is 0 Å². The lowest BCUT2D eigenvalue weighted by molar-refractivity contribution is -0.133. The Morgan fingerprint density at radius 1 is 0.625 bits per heavy atom. The van der Waals surface area contributed by atoms with Crippen LogP contribution in [0.4, 0.5) is 11.6 Å². The van der Waals surface area contributed by atoms with Crippen LogP contribution >= 0.6 is 0 Å². The first-order chi connectivity index (χ1) is 26.4. The maximum atomic E-state index is 13.3. The molecule has 314 valence electrons. The number of carbonyl (C=O) groups is 2. The number of aromatic nitrogens is 2. The van der Waals surface area contributed by atoms with Crippen LogP contribution in [0.3, 0.4) is 0 Å². The molecule has 4 heterocycles. The van der Waals surface area contributed by atoms with E-state index in [2.05, 4.69) is 39.7 Å². The van der Waals surface area contributed by atoms with Gasteiger partial charge in [-0.05, 0) is 61.8 Å². The van der Waals surface area contributed by atoms with Crippen molar-refractivity contribution in [2.75, 3.05) is 62.2 Å². The maximum Gasteiger partial charge on any atom is 0.266 e. The fraction of sp³-hybridized carbons (Fsp3) is 0.684. The van der Waals surface area contributed by atoms with Crippen LogP contribution < -0.4 is 20.8 Å². The lowest BCUT2D eigenvalue weighted by Gasteiger charge is -2.41. The van der Waals surface area contributed by atoms with Gasteiger partial charge in [-0.2, -0.15) is 8.61 Å². The third-order valence-corrected chi connectivity index (χ3v) is 17.0. The summed E-state index contributed by atoms with van der Waals surface area (Å²) in [4.78, 5) is 37.8. The fourth-order valence-corrected chi connectivity index (χ4v) is 12.8. The van der Waals surface area contributed by atoms with Gasteiger partial charge >= 0.3 is 0 Å². The molecule has 4 N–H and O–H groups in total. The Hall–Kier alpha value is -3.42. The monoisotopic (exact) mass is 822 g/mol. The Kier molecular flexibility index (Phi) is 16.0. The lowest BCUT2D eigenvalue weighted by atomic mass is 9.88. The van der Waals surface area contributed by atoms with Crippen molar-refractivity contribution in [2.24, 2.45) is 0 Å². The van der Waals surface area contributed by atoms with Gasteiger partial charge in [0.05, 0.1) is 0 Å². The van der Waals surface area contributed by atoms with Gasteiger partial charge in [0.25, 0.3) is 11.8 Å². The highest BCUT2D eigenvalue weighted by molar-refractivity contribution is 7.91. The molecule has 2 amide bonds. The van der Waals surface area contributed by atoms with Crippen molar-refractivity contribution in [2.45, 2.75) is 114 Å². The molecule has 2 aromatic rings. The number of amides is 2. The van der Waals surface area contributed by atoms with Crippen molar-refractivity contribution in [3.63, 3.8) is 0 Å².